The van der Waals surface area contributed by atoms with Gasteiger partial charge < -0.3 is 15.0 Å². The molecule has 0 bridgehead atoms. The molecule has 41 heavy (non-hydrogen) atoms. The number of hydrogen-bond donors (Lipinski definition) is 2. The quantitative estimate of drug-likeness (QED) is 0.157. The molecule has 0 saturated carbocycles. The lowest BCUT2D eigenvalue weighted by atomic mass is 9.75. The lowest BCUT2D eigenvalue weighted by Crippen LogP contribution is -2.25. The molecule has 218 valence electrons. The fourth-order valence-corrected chi connectivity index (χ4v) is 4.83. The van der Waals surface area contributed by atoms with E-state index in [1.807, 2.05) is 0 Å². The predicted octanol–water partition coefficient (Wildman–Crippen LogP) is 5.80. The summed E-state index contributed by atoms with van der Waals surface area (Å²) in [6.07, 6.45) is -2.82. The van der Waals surface area contributed by atoms with Crippen LogP contribution in [0.15, 0.2) is 66.9 Å². The van der Waals surface area contributed by atoms with Gasteiger partial charge in [-0.2, -0.15) is 17.6 Å². The third-order valence-electron chi connectivity index (χ3n) is 6.87. The first-order valence-corrected chi connectivity index (χ1v) is 13.4. The molecule has 4 rings (SSSR count). The van der Waals surface area contributed by atoms with E-state index in [-0.39, 0.29) is 11.3 Å². The highest BCUT2D eigenvalue weighted by Gasteiger charge is 2.38. The van der Waals surface area contributed by atoms with Crippen LogP contribution in [-0.2, 0) is 4.79 Å². The van der Waals surface area contributed by atoms with E-state index >= 15 is 0 Å². The number of benzene rings is 2. The standard InChI is InChI=1S/C30H33F4N5O2/c1-39(2)27(40)9-6-14-35-15-16-41-26-13-11-22(19-36-26)28(21-10-12-25-23(17-21)29(31)38-37-25)24(18-30(32,33)34)20-7-4-3-5-8-20/h3-5,7-8,10-13,17,19,24,28,35H,6,9,14-16,18H2,1-2H3,(H,37,38). The van der Waals surface area contributed by atoms with Crippen LogP contribution in [0.5, 0.6) is 5.88 Å². The molecule has 2 atom stereocenters. The highest BCUT2D eigenvalue weighted by molar-refractivity contribution is 5.79. The van der Waals surface area contributed by atoms with Gasteiger partial charge in [0.2, 0.25) is 17.7 Å². The van der Waals surface area contributed by atoms with Crippen LogP contribution in [0, 0.1) is 5.95 Å². The number of pyridine rings is 1. The van der Waals surface area contributed by atoms with Crippen molar-refractivity contribution in [2.75, 3.05) is 33.8 Å². The van der Waals surface area contributed by atoms with E-state index in [1.54, 1.807) is 79.7 Å². The summed E-state index contributed by atoms with van der Waals surface area (Å²) in [6.45, 7) is 1.54. The number of nitrogens with one attached hydrogen (secondary N) is 2. The van der Waals surface area contributed by atoms with Gasteiger partial charge in [-0.15, -0.1) is 5.10 Å². The summed E-state index contributed by atoms with van der Waals surface area (Å²) in [5, 5.41) is 9.59. The number of carbonyl (C=O) groups excluding carboxylic acids is 1. The van der Waals surface area contributed by atoms with Crippen molar-refractivity contribution in [2.45, 2.75) is 37.3 Å². The average molecular weight is 572 g/mol. The molecular weight excluding hydrogens is 538 g/mol. The number of carbonyl (C=O) groups is 1. The van der Waals surface area contributed by atoms with Gasteiger partial charge in [-0.3, -0.25) is 9.89 Å². The van der Waals surface area contributed by atoms with E-state index < -0.39 is 30.4 Å². The van der Waals surface area contributed by atoms with Crippen LogP contribution in [0.3, 0.4) is 0 Å². The van der Waals surface area contributed by atoms with E-state index in [9.17, 15) is 22.4 Å². The Morgan fingerprint density at radius 2 is 1.78 bits per heavy atom. The molecule has 2 unspecified atom stereocenters. The molecule has 0 radical (unpaired) electrons. The molecule has 7 nitrogen and oxygen atoms in total. The Kier molecular flexibility index (Phi) is 9.93. The maximum Gasteiger partial charge on any atom is 0.389 e. The van der Waals surface area contributed by atoms with Crippen molar-refractivity contribution < 1.29 is 27.1 Å². The predicted molar refractivity (Wildman–Crippen MR) is 148 cm³/mol. The Labute approximate surface area is 235 Å². The second kappa shape index (κ2) is 13.6. The fourth-order valence-electron chi connectivity index (χ4n) is 4.83. The number of ether oxygens (including phenoxy) is 1. The minimum absolute atomic E-state index is 0.0743. The third kappa shape index (κ3) is 8.26. The van der Waals surface area contributed by atoms with Crippen molar-refractivity contribution >= 4 is 16.8 Å². The lowest BCUT2D eigenvalue weighted by Gasteiger charge is -2.29. The smallest absolute Gasteiger partial charge is 0.389 e. The van der Waals surface area contributed by atoms with Gasteiger partial charge in [0.05, 0.1) is 17.3 Å². The van der Waals surface area contributed by atoms with Crippen molar-refractivity contribution in [1.29, 1.82) is 0 Å². The van der Waals surface area contributed by atoms with Gasteiger partial charge >= 0.3 is 6.18 Å². The zero-order valence-electron chi connectivity index (χ0n) is 22.9. The number of amides is 1. The number of alkyl halides is 3. The number of H-pyrrole nitrogens is 1. The minimum atomic E-state index is -4.44. The number of aromatic amines is 1. The van der Waals surface area contributed by atoms with Crippen LogP contribution in [0.2, 0.25) is 0 Å². The SMILES string of the molecule is CN(C)C(=O)CCCNCCOc1ccc(C(c2ccc3[nH]nc(F)c3c2)C(CC(F)(F)F)c2ccccc2)cn1. The van der Waals surface area contributed by atoms with Crippen LogP contribution in [-0.4, -0.2) is 66.0 Å². The van der Waals surface area contributed by atoms with Crippen LogP contribution < -0.4 is 10.1 Å². The summed E-state index contributed by atoms with van der Waals surface area (Å²) in [6, 6.07) is 16.7. The molecule has 0 saturated heterocycles. The monoisotopic (exact) mass is 571 g/mol. The van der Waals surface area contributed by atoms with Crippen LogP contribution in [0.1, 0.15) is 47.8 Å². The second-order valence-electron chi connectivity index (χ2n) is 10.1. The maximum atomic E-state index is 14.4. The minimum Gasteiger partial charge on any atom is -0.476 e. The molecule has 4 aromatic rings. The largest absolute Gasteiger partial charge is 0.476 e. The molecule has 0 aliphatic rings. The topological polar surface area (TPSA) is 83.1 Å². The van der Waals surface area contributed by atoms with Crippen molar-refractivity contribution in [3.8, 4) is 5.88 Å². The van der Waals surface area contributed by atoms with Crippen molar-refractivity contribution in [3.63, 3.8) is 0 Å². The highest BCUT2D eigenvalue weighted by atomic mass is 19.4. The molecule has 2 aromatic heterocycles. The van der Waals surface area contributed by atoms with E-state index in [0.29, 0.717) is 60.6 Å². The molecular formula is C30H33F4N5O2. The summed E-state index contributed by atoms with van der Waals surface area (Å²) >= 11 is 0. The number of rotatable bonds is 13. The van der Waals surface area contributed by atoms with Crippen molar-refractivity contribution in [1.82, 2.24) is 25.4 Å². The zero-order valence-corrected chi connectivity index (χ0v) is 22.9. The molecule has 0 aliphatic heterocycles. The zero-order chi connectivity index (χ0) is 29.4. The number of nitrogens with zero attached hydrogens (tertiary/aromatic N) is 3. The molecule has 11 heteroatoms. The fraction of sp³-hybridized carbons (Fsp3) is 0.367. The van der Waals surface area contributed by atoms with Crippen molar-refractivity contribution in [3.05, 3.63) is 89.5 Å². The van der Waals surface area contributed by atoms with Crippen LogP contribution in [0.25, 0.3) is 10.9 Å². The summed E-state index contributed by atoms with van der Waals surface area (Å²) in [5.74, 6) is -2.07. The van der Waals surface area contributed by atoms with Crippen molar-refractivity contribution in [2.24, 2.45) is 0 Å². The van der Waals surface area contributed by atoms with Crippen LogP contribution in [0.4, 0.5) is 17.6 Å². The molecule has 0 aliphatic carbocycles. The molecule has 2 N–H and O–H groups in total. The molecule has 0 fully saturated rings. The highest BCUT2D eigenvalue weighted by Crippen LogP contribution is 2.45. The van der Waals surface area contributed by atoms with E-state index in [1.165, 1.54) is 6.20 Å². The van der Waals surface area contributed by atoms with E-state index in [2.05, 4.69) is 20.5 Å². The Bertz CT molecular complexity index is 1410. The summed E-state index contributed by atoms with van der Waals surface area (Å²) < 4.78 is 61.8. The van der Waals surface area contributed by atoms with E-state index in [4.69, 9.17) is 4.74 Å². The Balaban J connectivity index is 1.53. The maximum absolute atomic E-state index is 14.4. The average Bonchev–Trinajstić information content (AvgIpc) is 3.32. The molecule has 2 aromatic carbocycles. The first-order chi connectivity index (χ1) is 19.6. The number of aromatic nitrogens is 3. The van der Waals surface area contributed by atoms with Gasteiger partial charge in [0, 0.05) is 51.2 Å². The lowest BCUT2D eigenvalue weighted by molar-refractivity contribution is -0.139. The Morgan fingerprint density at radius 3 is 2.46 bits per heavy atom. The Morgan fingerprint density at radius 1 is 1.02 bits per heavy atom. The first kappa shape index (κ1) is 30.0. The third-order valence-corrected chi connectivity index (χ3v) is 6.87. The molecule has 2 heterocycles. The summed E-state index contributed by atoms with van der Waals surface area (Å²) in [7, 11) is 3.44. The Hall–Kier alpha value is -3.99. The van der Waals surface area contributed by atoms with Gasteiger partial charge in [-0.25, -0.2) is 4.98 Å². The first-order valence-electron chi connectivity index (χ1n) is 13.4. The number of halogens is 4. The second-order valence-corrected chi connectivity index (χ2v) is 10.1. The molecule has 0 spiro atoms. The van der Waals surface area contributed by atoms with Crippen LogP contribution >= 0.6 is 0 Å². The van der Waals surface area contributed by atoms with Gasteiger partial charge in [-0.05, 0) is 41.8 Å². The van der Waals surface area contributed by atoms with Gasteiger partial charge in [0.25, 0.3) is 0 Å². The van der Waals surface area contributed by atoms with Gasteiger partial charge in [-0.1, -0.05) is 42.5 Å². The molecule has 1 amide bonds. The van der Waals surface area contributed by atoms with Gasteiger partial charge in [0.1, 0.15) is 6.61 Å². The normalized spacial score (nSPS) is 13.2. The van der Waals surface area contributed by atoms with Gasteiger partial charge in [0.15, 0.2) is 0 Å². The summed E-state index contributed by atoms with van der Waals surface area (Å²) in [4.78, 5) is 17.6. The number of fused-ring (bicyclic) bond motifs is 1. The summed E-state index contributed by atoms with van der Waals surface area (Å²) in [5.41, 5.74) is 2.03. The number of hydrogen-bond acceptors (Lipinski definition) is 5. The van der Waals surface area contributed by atoms with E-state index in [0.717, 1.165) is 0 Å².